The molecule has 1 atom stereocenters. The molecule has 0 radical (unpaired) electrons. The number of rotatable bonds is 2. The Balaban J connectivity index is 1.60. The van der Waals surface area contributed by atoms with E-state index in [1.165, 1.54) is 30.6 Å². The number of hydrogen-bond donors (Lipinski definition) is 2. The van der Waals surface area contributed by atoms with E-state index < -0.39 is 0 Å². The summed E-state index contributed by atoms with van der Waals surface area (Å²) in [5.41, 5.74) is 0.896. The number of carbonyl (C=O) groups excluding carboxylic acids is 1. The van der Waals surface area contributed by atoms with Crippen LogP contribution < -0.4 is 10.6 Å². The molecule has 5 heteroatoms. The molecule has 1 spiro atoms. The number of nitrogens with one attached hydrogen (secondary N) is 2. The van der Waals surface area contributed by atoms with Crippen molar-refractivity contribution in [3.05, 3.63) is 16.1 Å². The zero-order valence-corrected chi connectivity index (χ0v) is 11.5. The molecule has 2 heterocycles. The maximum atomic E-state index is 12.1. The Labute approximate surface area is 111 Å². The van der Waals surface area contributed by atoms with Crippen molar-refractivity contribution < 1.29 is 4.79 Å². The van der Waals surface area contributed by atoms with Gasteiger partial charge in [-0.05, 0) is 45.6 Å². The summed E-state index contributed by atoms with van der Waals surface area (Å²) in [7, 11) is 0. The van der Waals surface area contributed by atoms with Crippen molar-refractivity contribution >= 4 is 17.2 Å². The molecule has 98 valence electrons. The standard InChI is InChI=1S/C13H19N3OS/c1-9-15-11(8-18-9)12(17)16-10-3-6-14-13(7-10)4-2-5-13/h8,10,14H,2-7H2,1H3,(H,16,17). The minimum absolute atomic E-state index is 0.0132. The van der Waals surface area contributed by atoms with Gasteiger partial charge in [0.1, 0.15) is 5.69 Å². The lowest BCUT2D eigenvalue weighted by molar-refractivity contribution is 0.0849. The van der Waals surface area contributed by atoms with Crippen molar-refractivity contribution in [2.45, 2.75) is 50.6 Å². The summed E-state index contributed by atoms with van der Waals surface area (Å²) in [6.07, 6.45) is 5.93. The molecule has 2 aliphatic rings. The zero-order chi connectivity index (χ0) is 12.6. The van der Waals surface area contributed by atoms with Crippen LogP contribution >= 0.6 is 11.3 Å². The smallest absolute Gasteiger partial charge is 0.270 e. The predicted molar refractivity (Wildman–Crippen MR) is 71.9 cm³/mol. The van der Waals surface area contributed by atoms with Gasteiger partial charge in [-0.1, -0.05) is 0 Å². The molecule has 2 N–H and O–H groups in total. The van der Waals surface area contributed by atoms with Crippen LogP contribution in [-0.4, -0.2) is 29.0 Å². The number of thiazole rings is 1. The van der Waals surface area contributed by atoms with Crippen LogP contribution in [0.5, 0.6) is 0 Å². The van der Waals surface area contributed by atoms with Crippen LogP contribution in [0.3, 0.4) is 0 Å². The summed E-state index contributed by atoms with van der Waals surface area (Å²) in [5, 5.41) is 9.53. The SMILES string of the molecule is Cc1nc(C(=O)NC2CCNC3(CCC3)C2)cs1. The zero-order valence-electron chi connectivity index (χ0n) is 10.7. The summed E-state index contributed by atoms with van der Waals surface area (Å²) in [4.78, 5) is 16.3. The molecular formula is C13H19N3OS. The van der Waals surface area contributed by atoms with Crippen LogP contribution in [0.4, 0.5) is 0 Å². The second kappa shape index (κ2) is 4.63. The average molecular weight is 265 g/mol. The van der Waals surface area contributed by atoms with Crippen LogP contribution in [0.25, 0.3) is 0 Å². The van der Waals surface area contributed by atoms with Crippen LogP contribution in [0.1, 0.15) is 47.6 Å². The van der Waals surface area contributed by atoms with Gasteiger partial charge in [-0.3, -0.25) is 4.79 Å². The molecule has 0 bridgehead atoms. The molecule has 1 saturated carbocycles. The number of amides is 1. The van der Waals surface area contributed by atoms with Gasteiger partial charge in [0.2, 0.25) is 0 Å². The van der Waals surface area contributed by atoms with E-state index in [9.17, 15) is 4.79 Å². The Morgan fingerprint density at radius 1 is 1.61 bits per heavy atom. The quantitative estimate of drug-likeness (QED) is 0.858. The predicted octanol–water partition coefficient (Wildman–Crippen LogP) is 1.86. The van der Waals surface area contributed by atoms with Gasteiger partial charge >= 0.3 is 0 Å². The lowest BCUT2D eigenvalue weighted by Crippen LogP contribution is -2.59. The van der Waals surface area contributed by atoms with Gasteiger partial charge in [-0.25, -0.2) is 4.98 Å². The molecule has 1 amide bonds. The van der Waals surface area contributed by atoms with E-state index in [1.54, 1.807) is 0 Å². The third kappa shape index (κ3) is 2.29. The van der Waals surface area contributed by atoms with Gasteiger partial charge < -0.3 is 10.6 Å². The Morgan fingerprint density at radius 3 is 3.06 bits per heavy atom. The number of aromatic nitrogens is 1. The lowest BCUT2D eigenvalue weighted by Gasteiger charge is -2.48. The molecule has 4 nitrogen and oxygen atoms in total. The third-order valence-electron chi connectivity index (χ3n) is 4.13. The van der Waals surface area contributed by atoms with Crippen molar-refractivity contribution in [2.75, 3.05) is 6.54 Å². The van der Waals surface area contributed by atoms with E-state index in [4.69, 9.17) is 0 Å². The second-order valence-electron chi connectivity index (χ2n) is 5.48. The number of piperidine rings is 1. The lowest BCUT2D eigenvalue weighted by atomic mass is 9.70. The summed E-state index contributed by atoms with van der Waals surface area (Å²) < 4.78 is 0. The van der Waals surface area contributed by atoms with Crippen molar-refractivity contribution in [3.8, 4) is 0 Å². The number of hydrogen-bond acceptors (Lipinski definition) is 4. The highest BCUT2D eigenvalue weighted by Gasteiger charge is 2.41. The first kappa shape index (κ1) is 12.1. The molecule has 1 aromatic heterocycles. The highest BCUT2D eigenvalue weighted by molar-refractivity contribution is 7.09. The van der Waals surface area contributed by atoms with Gasteiger partial charge in [0.25, 0.3) is 5.91 Å². The molecule has 2 fully saturated rings. The van der Waals surface area contributed by atoms with Crippen molar-refractivity contribution in [2.24, 2.45) is 0 Å². The van der Waals surface area contributed by atoms with E-state index in [-0.39, 0.29) is 5.91 Å². The highest BCUT2D eigenvalue weighted by Crippen LogP contribution is 2.38. The monoisotopic (exact) mass is 265 g/mol. The molecule has 1 aliphatic heterocycles. The van der Waals surface area contributed by atoms with E-state index in [0.717, 1.165) is 24.4 Å². The summed E-state index contributed by atoms with van der Waals surface area (Å²) in [6, 6.07) is 0.307. The van der Waals surface area contributed by atoms with Crippen LogP contribution in [0, 0.1) is 6.92 Å². The summed E-state index contributed by atoms with van der Waals surface area (Å²) >= 11 is 1.53. The average Bonchev–Trinajstić information content (AvgIpc) is 2.74. The van der Waals surface area contributed by atoms with Crippen LogP contribution in [-0.2, 0) is 0 Å². The fourth-order valence-electron chi connectivity index (χ4n) is 2.99. The van der Waals surface area contributed by atoms with Crippen molar-refractivity contribution in [1.29, 1.82) is 0 Å². The van der Waals surface area contributed by atoms with E-state index in [2.05, 4.69) is 15.6 Å². The minimum Gasteiger partial charge on any atom is -0.348 e. The minimum atomic E-state index is -0.0132. The maximum absolute atomic E-state index is 12.1. The third-order valence-corrected chi connectivity index (χ3v) is 4.90. The second-order valence-corrected chi connectivity index (χ2v) is 6.54. The molecule has 3 rings (SSSR count). The molecule has 1 saturated heterocycles. The largest absolute Gasteiger partial charge is 0.348 e. The van der Waals surface area contributed by atoms with Crippen LogP contribution in [0.2, 0.25) is 0 Å². The first-order valence-electron chi connectivity index (χ1n) is 6.65. The Morgan fingerprint density at radius 2 is 2.44 bits per heavy atom. The van der Waals surface area contributed by atoms with Gasteiger partial charge in [0.05, 0.1) is 5.01 Å². The van der Waals surface area contributed by atoms with Crippen molar-refractivity contribution in [1.82, 2.24) is 15.6 Å². The number of aryl methyl sites for hydroxylation is 1. The molecule has 1 aliphatic carbocycles. The Kier molecular flexibility index (Phi) is 3.11. The van der Waals surface area contributed by atoms with E-state index >= 15 is 0 Å². The van der Waals surface area contributed by atoms with Crippen LogP contribution in [0.15, 0.2) is 5.38 Å². The van der Waals surface area contributed by atoms with E-state index in [0.29, 0.717) is 17.3 Å². The van der Waals surface area contributed by atoms with Gasteiger partial charge in [-0.15, -0.1) is 11.3 Å². The molecule has 1 unspecified atom stereocenters. The molecule has 1 aromatic rings. The number of nitrogens with zero attached hydrogens (tertiary/aromatic N) is 1. The highest BCUT2D eigenvalue weighted by atomic mass is 32.1. The molecule has 18 heavy (non-hydrogen) atoms. The summed E-state index contributed by atoms with van der Waals surface area (Å²) in [5.74, 6) is -0.0132. The topological polar surface area (TPSA) is 54.0 Å². The molecular weight excluding hydrogens is 246 g/mol. The summed E-state index contributed by atoms with van der Waals surface area (Å²) in [6.45, 7) is 2.94. The maximum Gasteiger partial charge on any atom is 0.270 e. The van der Waals surface area contributed by atoms with Gasteiger partial charge in [-0.2, -0.15) is 0 Å². The van der Waals surface area contributed by atoms with E-state index in [1.807, 2.05) is 12.3 Å². The fourth-order valence-corrected chi connectivity index (χ4v) is 3.59. The fraction of sp³-hybridized carbons (Fsp3) is 0.692. The Bertz CT molecular complexity index is 453. The molecule has 0 aromatic carbocycles. The Hall–Kier alpha value is -0.940. The normalized spacial score (nSPS) is 25.7. The first-order chi connectivity index (χ1) is 8.67. The van der Waals surface area contributed by atoms with Gasteiger partial charge in [0.15, 0.2) is 0 Å². The van der Waals surface area contributed by atoms with Gasteiger partial charge in [0, 0.05) is 17.0 Å². The first-order valence-corrected chi connectivity index (χ1v) is 7.53. The number of carbonyl (C=O) groups is 1. The van der Waals surface area contributed by atoms with Crippen molar-refractivity contribution in [3.63, 3.8) is 0 Å².